The van der Waals surface area contributed by atoms with Gasteiger partial charge in [-0.2, -0.15) is 0 Å². The lowest BCUT2D eigenvalue weighted by Gasteiger charge is -2.10. The number of rotatable bonds is 5. The number of benzene rings is 1. The molecule has 0 saturated heterocycles. The van der Waals surface area contributed by atoms with Gasteiger partial charge in [-0.05, 0) is 47.5 Å². The number of phenolic OH excluding ortho intramolecular Hbond substituents is 1. The van der Waals surface area contributed by atoms with Crippen LogP contribution in [-0.2, 0) is 6.42 Å². The second-order valence-corrected chi connectivity index (χ2v) is 5.62. The number of phenols is 1. The van der Waals surface area contributed by atoms with Crippen LogP contribution in [0.5, 0.6) is 11.5 Å². The van der Waals surface area contributed by atoms with E-state index in [2.05, 4.69) is 32.8 Å². The Balaban J connectivity index is 2.48. The highest BCUT2D eigenvalue weighted by Crippen LogP contribution is 2.32. The summed E-state index contributed by atoms with van der Waals surface area (Å²) >= 11 is 9.58. The molecule has 0 aliphatic heterocycles. The normalized spacial score (nSPS) is 10.7. The van der Waals surface area contributed by atoms with Crippen LogP contribution >= 0.6 is 27.5 Å². The van der Waals surface area contributed by atoms with Crippen molar-refractivity contribution >= 4 is 27.5 Å². The predicted molar refractivity (Wildman–Crippen MR) is 87.0 cm³/mol. The maximum atomic E-state index is 9.75. The molecule has 0 unspecified atom stereocenters. The van der Waals surface area contributed by atoms with E-state index >= 15 is 0 Å². The van der Waals surface area contributed by atoms with Crippen molar-refractivity contribution in [2.75, 3.05) is 6.61 Å². The van der Waals surface area contributed by atoms with Gasteiger partial charge in [-0.15, -0.1) is 0 Å². The van der Waals surface area contributed by atoms with Gasteiger partial charge in [0.05, 0.1) is 16.8 Å². The van der Waals surface area contributed by atoms with Crippen molar-refractivity contribution in [2.45, 2.75) is 26.7 Å². The molecule has 0 amide bonds. The van der Waals surface area contributed by atoms with Gasteiger partial charge in [0.2, 0.25) is 0 Å². The zero-order valence-electron chi connectivity index (χ0n) is 11.9. The van der Waals surface area contributed by atoms with Gasteiger partial charge in [-0.3, -0.25) is 0 Å². The van der Waals surface area contributed by atoms with E-state index in [0.717, 1.165) is 28.6 Å². The molecule has 21 heavy (non-hydrogen) atoms. The number of aromatic hydroxyl groups is 1. The van der Waals surface area contributed by atoms with Gasteiger partial charge in [0.1, 0.15) is 5.15 Å². The fourth-order valence-electron chi connectivity index (χ4n) is 1.92. The maximum Gasteiger partial charge on any atom is 0.161 e. The summed E-state index contributed by atoms with van der Waals surface area (Å²) in [5.74, 6) is 1.03. The highest BCUT2D eigenvalue weighted by molar-refractivity contribution is 9.10. The van der Waals surface area contributed by atoms with E-state index in [1.807, 2.05) is 6.92 Å². The molecule has 6 heteroatoms. The fourth-order valence-corrected chi connectivity index (χ4v) is 2.48. The molecule has 0 aliphatic carbocycles. The summed E-state index contributed by atoms with van der Waals surface area (Å²) in [5, 5.41) is 10.1. The minimum Gasteiger partial charge on any atom is -0.504 e. The molecule has 2 aromatic rings. The Hall–Kier alpha value is -1.33. The molecule has 1 heterocycles. The summed E-state index contributed by atoms with van der Waals surface area (Å²) in [5.41, 5.74) is 1.63. The minimum atomic E-state index is 0.0950. The first-order valence-corrected chi connectivity index (χ1v) is 7.92. The Bertz CT molecular complexity index is 650. The number of aryl methyl sites for hydroxylation is 1. The zero-order valence-corrected chi connectivity index (χ0v) is 14.2. The molecule has 0 spiro atoms. The molecule has 112 valence electrons. The van der Waals surface area contributed by atoms with E-state index in [-0.39, 0.29) is 5.75 Å². The monoisotopic (exact) mass is 370 g/mol. The highest BCUT2D eigenvalue weighted by atomic mass is 79.9. The Kier molecular flexibility index (Phi) is 5.42. The lowest BCUT2D eigenvalue weighted by molar-refractivity contribution is 0.318. The van der Waals surface area contributed by atoms with Crippen LogP contribution in [0.1, 0.15) is 26.0 Å². The van der Waals surface area contributed by atoms with Crippen LogP contribution in [0, 0.1) is 0 Å². The molecule has 0 radical (unpaired) electrons. The maximum absolute atomic E-state index is 9.75. The van der Waals surface area contributed by atoms with Gasteiger partial charge in [0.25, 0.3) is 0 Å². The highest BCUT2D eigenvalue weighted by Gasteiger charge is 2.13. The van der Waals surface area contributed by atoms with Crippen LogP contribution in [-0.4, -0.2) is 21.7 Å². The molecule has 0 saturated carbocycles. The van der Waals surface area contributed by atoms with E-state index in [1.165, 1.54) is 0 Å². The van der Waals surface area contributed by atoms with E-state index in [0.29, 0.717) is 23.3 Å². The van der Waals surface area contributed by atoms with Gasteiger partial charge in [-0.25, -0.2) is 9.97 Å². The number of nitrogens with zero attached hydrogens (tertiary/aromatic N) is 2. The average Bonchev–Trinajstić information content (AvgIpc) is 2.46. The van der Waals surface area contributed by atoms with Crippen LogP contribution in [0.25, 0.3) is 11.4 Å². The van der Waals surface area contributed by atoms with Crippen LogP contribution in [0.3, 0.4) is 0 Å². The molecule has 0 atom stereocenters. The van der Waals surface area contributed by atoms with Crippen LogP contribution < -0.4 is 4.74 Å². The van der Waals surface area contributed by atoms with Gasteiger partial charge >= 0.3 is 0 Å². The van der Waals surface area contributed by atoms with Gasteiger partial charge in [0, 0.05) is 5.56 Å². The molecule has 2 rings (SSSR count). The minimum absolute atomic E-state index is 0.0950. The first-order valence-electron chi connectivity index (χ1n) is 6.74. The lowest BCUT2D eigenvalue weighted by atomic mass is 10.1. The van der Waals surface area contributed by atoms with Crippen molar-refractivity contribution in [3.63, 3.8) is 0 Å². The molecule has 0 bridgehead atoms. The Morgan fingerprint density at radius 3 is 2.71 bits per heavy atom. The lowest BCUT2D eigenvalue weighted by Crippen LogP contribution is -1.99. The molecule has 1 aromatic heterocycles. The second-order valence-electron chi connectivity index (χ2n) is 4.46. The number of hydrogen-bond acceptors (Lipinski definition) is 4. The molecular formula is C15H16BrClN2O2. The van der Waals surface area contributed by atoms with Gasteiger partial charge in [0.15, 0.2) is 17.3 Å². The van der Waals surface area contributed by atoms with E-state index in [9.17, 15) is 5.11 Å². The van der Waals surface area contributed by atoms with E-state index < -0.39 is 0 Å². The molecule has 1 aromatic carbocycles. The molecule has 4 nitrogen and oxygen atoms in total. The Morgan fingerprint density at radius 2 is 2.05 bits per heavy atom. The SMILES string of the molecule is CCCc1nc(-c2ccc(O)c(OCC)c2)nc(Cl)c1Br. The Morgan fingerprint density at radius 1 is 1.29 bits per heavy atom. The van der Waals surface area contributed by atoms with Crippen LogP contribution in [0.2, 0.25) is 5.15 Å². The summed E-state index contributed by atoms with van der Waals surface area (Å²) < 4.78 is 6.12. The number of hydrogen-bond donors (Lipinski definition) is 1. The predicted octanol–water partition coefficient (Wildman–Crippen LogP) is 4.62. The first kappa shape index (κ1) is 16.0. The molecular weight excluding hydrogens is 356 g/mol. The fraction of sp³-hybridized carbons (Fsp3) is 0.333. The number of ether oxygens (including phenoxy) is 1. The Labute approximate surface area is 137 Å². The second kappa shape index (κ2) is 7.09. The largest absolute Gasteiger partial charge is 0.504 e. The van der Waals surface area contributed by atoms with E-state index in [1.54, 1.807) is 18.2 Å². The summed E-state index contributed by atoms with van der Waals surface area (Å²) in [4.78, 5) is 8.83. The third-order valence-corrected chi connectivity index (χ3v) is 4.22. The molecule has 0 fully saturated rings. The summed E-state index contributed by atoms with van der Waals surface area (Å²) in [6.45, 7) is 4.41. The van der Waals surface area contributed by atoms with E-state index in [4.69, 9.17) is 16.3 Å². The number of halogens is 2. The van der Waals surface area contributed by atoms with Gasteiger partial charge < -0.3 is 9.84 Å². The summed E-state index contributed by atoms with van der Waals surface area (Å²) in [6.07, 6.45) is 1.78. The molecule has 0 aliphatic rings. The summed E-state index contributed by atoms with van der Waals surface area (Å²) in [6, 6.07) is 5.03. The van der Waals surface area contributed by atoms with Gasteiger partial charge in [-0.1, -0.05) is 24.9 Å². The quantitative estimate of drug-likeness (QED) is 0.779. The van der Waals surface area contributed by atoms with Crippen molar-refractivity contribution < 1.29 is 9.84 Å². The first-order chi connectivity index (χ1) is 10.1. The third kappa shape index (κ3) is 3.66. The van der Waals surface area contributed by atoms with Crippen molar-refractivity contribution in [3.05, 3.63) is 33.5 Å². The van der Waals surface area contributed by atoms with Crippen LogP contribution in [0.15, 0.2) is 22.7 Å². The number of aromatic nitrogens is 2. The smallest absolute Gasteiger partial charge is 0.161 e. The third-order valence-electron chi connectivity index (χ3n) is 2.88. The van der Waals surface area contributed by atoms with Crippen LogP contribution in [0.4, 0.5) is 0 Å². The topological polar surface area (TPSA) is 55.2 Å². The zero-order chi connectivity index (χ0) is 15.4. The van der Waals surface area contributed by atoms with Crippen molar-refractivity contribution in [2.24, 2.45) is 0 Å². The van der Waals surface area contributed by atoms with Crippen molar-refractivity contribution in [1.82, 2.24) is 9.97 Å². The average molecular weight is 372 g/mol. The van der Waals surface area contributed by atoms with Crippen molar-refractivity contribution in [3.8, 4) is 22.9 Å². The summed E-state index contributed by atoms with van der Waals surface area (Å²) in [7, 11) is 0. The standard InChI is InChI=1S/C15H16BrClN2O2/c1-3-5-10-13(16)14(17)19-15(18-10)9-6-7-11(20)12(8-9)21-4-2/h6-8,20H,3-5H2,1-2H3. The van der Waals surface area contributed by atoms with Crippen molar-refractivity contribution in [1.29, 1.82) is 0 Å². The molecule has 1 N–H and O–H groups in total.